The smallest absolute Gasteiger partial charge is 0.435 e. The van der Waals surface area contributed by atoms with Crippen molar-refractivity contribution >= 4 is 45.5 Å². The molecule has 2 aromatic carbocycles. The molecule has 1 N–H and O–H groups in total. The zero-order valence-corrected chi connectivity index (χ0v) is 31.0. The predicted molar refractivity (Wildman–Crippen MR) is 196 cm³/mol. The van der Waals surface area contributed by atoms with Gasteiger partial charge in [0.25, 0.3) is 11.5 Å². The highest BCUT2D eigenvalue weighted by Gasteiger charge is 2.45. The molecule has 300 valence electrons. The fourth-order valence-electron chi connectivity index (χ4n) is 6.65. The van der Waals surface area contributed by atoms with E-state index in [2.05, 4.69) is 15.3 Å². The molecule has 1 aliphatic rings. The third-order valence-corrected chi connectivity index (χ3v) is 9.31. The van der Waals surface area contributed by atoms with Crippen molar-refractivity contribution in [1.29, 1.82) is 0 Å². The van der Waals surface area contributed by atoms with Crippen molar-refractivity contribution in [3.63, 3.8) is 0 Å². The summed E-state index contributed by atoms with van der Waals surface area (Å²) in [6.45, 7) is 3.18. The normalized spacial score (nSPS) is 15.6. The summed E-state index contributed by atoms with van der Waals surface area (Å²) in [6, 6.07) is 6.01. The average Bonchev–Trinajstić information content (AvgIpc) is 3.16. The van der Waals surface area contributed by atoms with E-state index < -0.39 is 71.8 Å². The van der Waals surface area contributed by atoms with Crippen LogP contribution in [0, 0.1) is 12.7 Å². The highest BCUT2D eigenvalue weighted by Crippen LogP contribution is 2.33. The van der Waals surface area contributed by atoms with Crippen LogP contribution < -0.4 is 21.5 Å². The van der Waals surface area contributed by atoms with Gasteiger partial charge < -0.3 is 29.2 Å². The van der Waals surface area contributed by atoms with Gasteiger partial charge in [-0.25, -0.2) is 23.3 Å². The number of anilines is 1. The van der Waals surface area contributed by atoms with E-state index in [-0.39, 0.29) is 54.0 Å². The number of nitrogens with zero attached hydrogens (tertiary/aromatic N) is 5. The molecular weight excluding hydrogens is 760 g/mol. The average molecular weight is 797 g/mol. The molecule has 0 radical (unpaired) electrons. The molecule has 0 aliphatic carbocycles. The summed E-state index contributed by atoms with van der Waals surface area (Å²) < 4.78 is 79.4. The Hall–Kier alpha value is -6.37. The second kappa shape index (κ2) is 16.4. The molecule has 5 aromatic rings. The van der Waals surface area contributed by atoms with Crippen molar-refractivity contribution in [3.05, 3.63) is 104 Å². The van der Waals surface area contributed by atoms with Crippen LogP contribution in [0.4, 0.5) is 28.0 Å². The van der Waals surface area contributed by atoms with E-state index in [1.165, 1.54) is 75.2 Å². The van der Waals surface area contributed by atoms with Crippen molar-refractivity contribution in [3.8, 4) is 5.69 Å². The first-order valence-corrected chi connectivity index (χ1v) is 17.6. The van der Waals surface area contributed by atoms with Gasteiger partial charge in [-0.2, -0.15) is 13.2 Å². The Labute approximate surface area is 320 Å². The molecule has 1 amide bonds. The molecule has 0 saturated carbocycles. The lowest BCUT2D eigenvalue weighted by Gasteiger charge is -2.38. The molecule has 1 unspecified atom stereocenters. The number of ether oxygens (including phenoxy) is 4. The Morgan fingerprint density at radius 3 is 2.56 bits per heavy atom. The highest BCUT2D eigenvalue weighted by molar-refractivity contribution is 5.99. The van der Waals surface area contributed by atoms with Gasteiger partial charge in [0.2, 0.25) is 6.29 Å². The van der Waals surface area contributed by atoms with Crippen LogP contribution in [0.1, 0.15) is 35.3 Å². The number of esters is 1. The number of morpholine rings is 1. The number of aromatic nitrogens is 4. The summed E-state index contributed by atoms with van der Waals surface area (Å²) in [5.41, 5.74) is -1.06. The molecule has 57 heavy (non-hydrogen) atoms. The molecule has 0 bridgehead atoms. The molecule has 19 heteroatoms. The topological polar surface area (TPSA) is 173 Å². The number of benzene rings is 2. The highest BCUT2D eigenvalue weighted by atomic mass is 19.4. The first-order valence-electron chi connectivity index (χ1n) is 17.6. The van der Waals surface area contributed by atoms with Crippen molar-refractivity contribution in [2.24, 2.45) is 7.05 Å². The van der Waals surface area contributed by atoms with E-state index in [9.17, 15) is 37.1 Å². The number of hydrogen-bond donors (Lipinski definition) is 1. The van der Waals surface area contributed by atoms with Crippen LogP contribution in [0.5, 0.6) is 0 Å². The summed E-state index contributed by atoms with van der Waals surface area (Å²) in [6.07, 6.45) is -3.42. The molecule has 4 heterocycles. The standard InChI is InChI=1S/C38H36F4N6O9/c1-5-55-37(53)57-21(3)56-35(51)27(45-33(49)31-20(2)15-23(17-26(31)39)47-13-14-54-19-30(47)38(40,41)42)16-22-8-9-28(32-24(22)7-6-11-44-32)48-34(50)25-10-12-43-18-29(25)46(4)36(48)52/h6-12,15,17-18,21,27,30H,5,13-14,16,19H2,1-4H3,(H,45,49)/t21?,27-,30+/m0/s1. The number of amides is 1. The van der Waals surface area contributed by atoms with Crippen LogP contribution in [0.25, 0.3) is 27.5 Å². The van der Waals surface area contributed by atoms with E-state index in [4.69, 9.17) is 18.9 Å². The summed E-state index contributed by atoms with van der Waals surface area (Å²) in [5.74, 6) is -3.38. The van der Waals surface area contributed by atoms with Crippen molar-refractivity contribution < 1.29 is 50.9 Å². The van der Waals surface area contributed by atoms with E-state index in [1.54, 1.807) is 12.1 Å². The third-order valence-electron chi connectivity index (χ3n) is 9.31. The zero-order chi connectivity index (χ0) is 41.2. The van der Waals surface area contributed by atoms with Gasteiger partial charge in [-0.3, -0.25) is 24.1 Å². The van der Waals surface area contributed by atoms with Gasteiger partial charge in [0.1, 0.15) is 17.9 Å². The van der Waals surface area contributed by atoms with Gasteiger partial charge in [0.05, 0.1) is 53.7 Å². The first-order chi connectivity index (χ1) is 27.1. The summed E-state index contributed by atoms with van der Waals surface area (Å²) in [7, 11) is 1.48. The molecule has 0 spiro atoms. The molecule has 3 aromatic heterocycles. The van der Waals surface area contributed by atoms with Crippen LogP contribution in [0.3, 0.4) is 0 Å². The van der Waals surface area contributed by atoms with Gasteiger partial charge in [-0.15, -0.1) is 0 Å². The molecule has 6 rings (SSSR count). The fourth-order valence-corrected chi connectivity index (χ4v) is 6.65. The van der Waals surface area contributed by atoms with E-state index in [0.29, 0.717) is 16.5 Å². The minimum atomic E-state index is -4.68. The Bertz CT molecular complexity index is 2470. The van der Waals surface area contributed by atoms with Crippen LogP contribution in [-0.2, 0) is 37.2 Å². The number of rotatable bonds is 10. The third kappa shape index (κ3) is 8.28. The Morgan fingerprint density at radius 1 is 1.07 bits per heavy atom. The number of carbonyl (C=O) groups is 3. The quantitative estimate of drug-likeness (QED) is 0.121. The van der Waals surface area contributed by atoms with E-state index in [1.807, 2.05) is 0 Å². The molecule has 1 saturated heterocycles. The molecule has 15 nitrogen and oxygen atoms in total. The molecule has 1 fully saturated rings. The van der Waals surface area contributed by atoms with Crippen LogP contribution in [-0.4, -0.2) is 88.0 Å². The van der Waals surface area contributed by atoms with Gasteiger partial charge in [0, 0.05) is 50.4 Å². The Balaban J connectivity index is 1.37. The number of hydrogen-bond acceptors (Lipinski definition) is 12. The van der Waals surface area contributed by atoms with Crippen molar-refractivity contribution in [2.45, 2.75) is 51.7 Å². The summed E-state index contributed by atoms with van der Waals surface area (Å²) in [5, 5.41) is 3.04. The molecular formula is C38H36F4N6O9. The first kappa shape index (κ1) is 40.3. The van der Waals surface area contributed by atoms with Crippen molar-refractivity contribution in [1.82, 2.24) is 24.4 Å². The number of fused-ring (bicyclic) bond motifs is 2. The Kier molecular flexibility index (Phi) is 11.6. The lowest BCUT2D eigenvalue weighted by atomic mass is 9.99. The second-order valence-corrected chi connectivity index (χ2v) is 13.0. The largest absolute Gasteiger partial charge is 0.511 e. The maximum atomic E-state index is 15.8. The van der Waals surface area contributed by atoms with E-state index >= 15 is 4.39 Å². The maximum Gasteiger partial charge on any atom is 0.511 e. The van der Waals surface area contributed by atoms with Crippen LogP contribution >= 0.6 is 0 Å². The second-order valence-electron chi connectivity index (χ2n) is 13.0. The molecule has 3 atom stereocenters. The Morgan fingerprint density at radius 2 is 1.84 bits per heavy atom. The SMILES string of the molecule is CCOC(=O)OC(C)OC(=O)[C@H](Cc1ccc(-n2c(=O)c3ccncc3n(C)c2=O)c2ncccc12)NC(=O)c1c(C)cc(N2CCOC[C@@H]2C(F)(F)F)cc1F. The van der Waals surface area contributed by atoms with Gasteiger partial charge in [-0.05, 0) is 55.3 Å². The van der Waals surface area contributed by atoms with Crippen molar-refractivity contribution in [2.75, 3.05) is 31.3 Å². The fraction of sp³-hybridized carbons (Fsp3) is 0.342. The number of aryl methyl sites for hydroxylation is 2. The number of nitrogens with one attached hydrogen (secondary N) is 1. The maximum absolute atomic E-state index is 15.8. The van der Waals surface area contributed by atoms with E-state index in [0.717, 1.165) is 15.5 Å². The lowest BCUT2D eigenvalue weighted by Crippen LogP contribution is -2.53. The number of pyridine rings is 2. The summed E-state index contributed by atoms with van der Waals surface area (Å²) >= 11 is 0. The van der Waals surface area contributed by atoms with Gasteiger partial charge in [0.15, 0.2) is 0 Å². The minimum absolute atomic E-state index is 0.0294. The number of halogens is 4. The minimum Gasteiger partial charge on any atom is -0.435 e. The van der Waals surface area contributed by atoms with Gasteiger partial charge >= 0.3 is 24.0 Å². The molecule has 1 aliphatic heterocycles. The number of alkyl halides is 3. The van der Waals surface area contributed by atoms with Crippen LogP contribution in [0.2, 0.25) is 0 Å². The van der Waals surface area contributed by atoms with Crippen LogP contribution in [0.15, 0.2) is 70.6 Å². The lowest BCUT2D eigenvalue weighted by molar-refractivity contribution is -0.170. The monoisotopic (exact) mass is 796 g/mol. The zero-order valence-electron chi connectivity index (χ0n) is 31.0. The predicted octanol–water partition coefficient (Wildman–Crippen LogP) is 4.25. The number of carbonyl (C=O) groups excluding carboxylic acids is 3. The summed E-state index contributed by atoms with van der Waals surface area (Å²) in [4.78, 5) is 76.0. The van der Waals surface area contributed by atoms with Gasteiger partial charge in [-0.1, -0.05) is 12.1 Å².